The molecule has 5 heteroatoms. The molecule has 3 rings (SSSR count). The first-order valence-electron chi connectivity index (χ1n) is 9.56. The molecule has 2 aromatic carbocycles. The SMILES string of the molecule is O=C(NCCN1CCCCCC1=O)C(Sc1ccccc1)c1ccccc1. The Bertz CT molecular complexity index is 736. The van der Waals surface area contributed by atoms with Crippen molar-refractivity contribution >= 4 is 23.6 Å². The summed E-state index contributed by atoms with van der Waals surface area (Å²) in [6.07, 6.45) is 3.77. The molecule has 1 heterocycles. The van der Waals surface area contributed by atoms with Crippen LogP contribution in [-0.4, -0.2) is 36.3 Å². The summed E-state index contributed by atoms with van der Waals surface area (Å²) >= 11 is 1.55. The molecule has 142 valence electrons. The lowest BCUT2D eigenvalue weighted by Crippen LogP contribution is -2.39. The Morgan fingerprint density at radius 2 is 1.70 bits per heavy atom. The first-order valence-corrected chi connectivity index (χ1v) is 10.4. The summed E-state index contributed by atoms with van der Waals surface area (Å²) in [6.45, 7) is 1.88. The largest absolute Gasteiger partial charge is 0.353 e. The molecule has 1 atom stereocenters. The maximum absolute atomic E-state index is 12.9. The molecule has 1 unspecified atom stereocenters. The van der Waals surface area contributed by atoms with E-state index in [-0.39, 0.29) is 17.1 Å². The first kappa shape index (κ1) is 19.5. The zero-order chi connectivity index (χ0) is 18.9. The topological polar surface area (TPSA) is 49.4 Å². The molecule has 0 aromatic heterocycles. The number of amides is 2. The van der Waals surface area contributed by atoms with Crippen LogP contribution < -0.4 is 5.32 Å². The lowest BCUT2D eigenvalue weighted by atomic mass is 10.1. The highest BCUT2D eigenvalue weighted by Crippen LogP contribution is 2.35. The van der Waals surface area contributed by atoms with Crippen molar-refractivity contribution < 1.29 is 9.59 Å². The predicted octanol–water partition coefficient (Wildman–Crippen LogP) is 4.04. The third-order valence-electron chi connectivity index (χ3n) is 4.69. The van der Waals surface area contributed by atoms with Gasteiger partial charge in [0.25, 0.3) is 0 Å². The Balaban J connectivity index is 1.61. The zero-order valence-corrected chi connectivity index (χ0v) is 16.3. The van der Waals surface area contributed by atoms with Gasteiger partial charge in [0.2, 0.25) is 11.8 Å². The van der Waals surface area contributed by atoms with Crippen molar-refractivity contribution in [2.75, 3.05) is 19.6 Å². The van der Waals surface area contributed by atoms with E-state index in [2.05, 4.69) is 5.32 Å². The van der Waals surface area contributed by atoms with Gasteiger partial charge < -0.3 is 10.2 Å². The summed E-state index contributed by atoms with van der Waals surface area (Å²) in [5.41, 5.74) is 0.981. The van der Waals surface area contributed by atoms with E-state index in [4.69, 9.17) is 0 Å². The summed E-state index contributed by atoms with van der Waals surface area (Å²) < 4.78 is 0. The number of nitrogens with zero attached hydrogens (tertiary/aromatic N) is 1. The van der Waals surface area contributed by atoms with Crippen LogP contribution in [0.4, 0.5) is 0 Å². The van der Waals surface area contributed by atoms with Crippen LogP contribution in [0, 0.1) is 0 Å². The molecule has 1 aliphatic rings. The quantitative estimate of drug-likeness (QED) is 0.735. The second kappa shape index (κ2) is 10.2. The van der Waals surface area contributed by atoms with Crippen LogP contribution in [0.2, 0.25) is 0 Å². The average Bonchev–Trinajstić information content (AvgIpc) is 2.92. The second-order valence-corrected chi connectivity index (χ2v) is 7.88. The molecule has 1 fully saturated rings. The van der Waals surface area contributed by atoms with Crippen LogP contribution in [0.25, 0.3) is 0 Å². The molecule has 0 bridgehead atoms. The van der Waals surface area contributed by atoms with Gasteiger partial charge in [-0.2, -0.15) is 0 Å². The number of benzene rings is 2. The van der Waals surface area contributed by atoms with Gasteiger partial charge in [-0.05, 0) is 30.5 Å². The molecule has 1 N–H and O–H groups in total. The van der Waals surface area contributed by atoms with Crippen LogP contribution in [0.15, 0.2) is 65.6 Å². The van der Waals surface area contributed by atoms with Crippen molar-refractivity contribution in [3.8, 4) is 0 Å². The van der Waals surface area contributed by atoms with E-state index in [1.807, 2.05) is 65.6 Å². The Morgan fingerprint density at radius 1 is 1.00 bits per heavy atom. The Morgan fingerprint density at radius 3 is 2.44 bits per heavy atom. The van der Waals surface area contributed by atoms with Gasteiger partial charge in [-0.25, -0.2) is 0 Å². The predicted molar refractivity (Wildman–Crippen MR) is 110 cm³/mol. The van der Waals surface area contributed by atoms with Gasteiger partial charge in [0, 0.05) is 31.0 Å². The standard InChI is InChI=1S/C22H26N2O2S/c25-20-14-8-3-9-16-24(20)17-15-23-22(26)21(18-10-4-1-5-11-18)27-19-12-6-2-7-13-19/h1-2,4-7,10-13,21H,3,8-9,14-17H2,(H,23,26). The lowest BCUT2D eigenvalue weighted by Gasteiger charge is -2.22. The lowest BCUT2D eigenvalue weighted by molar-refractivity contribution is -0.131. The number of carbonyl (C=O) groups is 2. The normalized spacial score (nSPS) is 15.9. The van der Waals surface area contributed by atoms with E-state index < -0.39 is 0 Å². The minimum Gasteiger partial charge on any atom is -0.353 e. The van der Waals surface area contributed by atoms with Gasteiger partial charge in [0.1, 0.15) is 5.25 Å². The number of hydrogen-bond acceptors (Lipinski definition) is 3. The summed E-state index contributed by atoms with van der Waals surface area (Å²) in [4.78, 5) is 27.9. The number of rotatable bonds is 7. The molecule has 2 aromatic rings. The van der Waals surface area contributed by atoms with Crippen LogP contribution in [-0.2, 0) is 9.59 Å². The van der Waals surface area contributed by atoms with Gasteiger partial charge in [-0.1, -0.05) is 55.0 Å². The maximum atomic E-state index is 12.9. The van der Waals surface area contributed by atoms with Crippen molar-refractivity contribution in [1.29, 1.82) is 0 Å². The highest BCUT2D eigenvalue weighted by Gasteiger charge is 2.22. The van der Waals surface area contributed by atoms with Gasteiger partial charge in [-0.15, -0.1) is 11.8 Å². The fourth-order valence-electron chi connectivity index (χ4n) is 3.22. The minimum atomic E-state index is -0.312. The van der Waals surface area contributed by atoms with Crippen molar-refractivity contribution in [2.45, 2.75) is 35.8 Å². The minimum absolute atomic E-state index is 0.0164. The first-order chi connectivity index (χ1) is 13.2. The Labute approximate surface area is 165 Å². The molecule has 4 nitrogen and oxygen atoms in total. The average molecular weight is 383 g/mol. The van der Waals surface area contributed by atoms with Crippen LogP contribution in [0.5, 0.6) is 0 Å². The third kappa shape index (κ3) is 5.86. The second-order valence-electron chi connectivity index (χ2n) is 6.70. The van der Waals surface area contributed by atoms with Crippen molar-refractivity contribution in [3.05, 3.63) is 66.2 Å². The summed E-state index contributed by atoms with van der Waals surface area (Å²) in [7, 11) is 0. The zero-order valence-electron chi connectivity index (χ0n) is 15.5. The van der Waals surface area contributed by atoms with Gasteiger partial charge in [0.05, 0.1) is 0 Å². The molecule has 27 heavy (non-hydrogen) atoms. The van der Waals surface area contributed by atoms with E-state index in [1.54, 1.807) is 11.8 Å². The number of hydrogen-bond donors (Lipinski definition) is 1. The summed E-state index contributed by atoms with van der Waals surface area (Å²) in [5.74, 6) is 0.192. The fourth-order valence-corrected chi connectivity index (χ4v) is 4.29. The smallest absolute Gasteiger partial charge is 0.238 e. The number of nitrogens with one attached hydrogen (secondary N) is 1. The molecule has 2 amide bonds. The van der Waals surface area contributed by atoms with Crippen LogP contribution >= 0.6 is 11.8 Å². The van der Waals surface area contributed by atoms with Crippen molar-refractivity contribution in [1.82, 2.24) is 10.2 Å². The number of thioether (sulfide) groups is 1. The van der Waals surface area contributed by atoms with Crippen LogP contribution in [0.1, 0.15) is 36.5 Å². The Hall–Kier alpha value is -2.27. The van der Waals surface area contributed by atoms with E-state index in [9.17, 15) is 9.59 Å². The molecular formula is C22H26N2O2S. The van der Waals surface area contributed by atoms with Gasteiger partial charge in [-0.3, -0.25) is 9.59 Å². The Kier molecular flexibility index (Phi) is 7.34. The van der Waals surface area contributed by atoms with Crippen molar-refractivity contribution in [3.63, 3.8) is 0 Å². The molecule has 0 saturated carbocycles. The molecule has 0 radical (unpaired) electrons. The molecule has 0 spiro atoms. The highest BCUT2D eigenvalue weighted by atomic mass is 32.2. The van der Waals surface area contributed by atoms with E-state index in [0.717, 1.165) is 36.3 Å². The third-order valence-corrected chi connectivity index (χ3v) is 5.96. The number of carbonyl (C=O) groups excluding carboxylic acids is 2. The molecule has 1 saturated heterocycles. The fraction of sp³-hybridized carbons (Fsp3) is 0.364. The van der Waals surface area contributed by atoms with E-state index in [0.29, 0.717) is 19.5 Å². The maximum Gasteiger partial charge on any atom is 0.238 e. The monoisotopic (exact) mass is 382 g/mol. The van der Waals surface area contributed by atoms with E-state index >= 15 is 0 Å². The molecule has 0 aliphatic carbocycles. The van der Waals surface area contributed by atoms with Crippen LogP contribution in [0.3, 0.4) is 0 Å². The molecular weight excluding hydrogens is 356 g/mol. The summed E-state index contributed by atoms with van der Waals surface area (Å²) in [5, 5.41) is 2.72. The highest BCUT2D eigenvalue weighted by molar-refractivity contribution is 8.00. The van der Waals surface area contributed by atoms with Crippen molar-refractivity contribution in [2.24, 2.45) is 0 Å². The van der Waals surface area contributed by atoms with Gasteiger partial charge in [0.15, 0.2) is 0 Å². The summed E-state index contributed by atoms with van der Waals surface area (Å²) in [6, 6.07) is 19.8. The van der Waals surface area contributed by atoms with E-state index in [1.165, 1.54) is 0 Å². The molecule has 1 aliphatic heterocycles. The van der Waals surface area contributed by atoms with Gasteiger partial charge >= 0.3 is 0 Å². The number of likely N-dealkylation sites (tertiary alicyclic amines) is 1.